The highest BCUT2D eigenvalue weighted by Gasteiger charge is 2.18. The first-order valence-electron chi connectivity index (χ1n) is 5.42. The number of imidazole rings is 1. The van der Waals surface area contributed by atoms with Gasteiger partial charge in [0.1, 0.15) is 5.82 Å². The third kappa shape index (κ3) is 2.26. The van der Waals surface area contributed by atoms with Gasteiger partial charge in [-0.2, -0.15) is 0 Å². The van der Waals surface area contributed by atoms with Crippen molar-refractivity contribution >= 4 is 45.8 Å². The van der Waals surface area contributed by atoms with Gasteiger partial charge >= 0.3 is 0 Å². The Morgan fingerprint density at radius 2 is 1.71 bits per heavy atom. The number of alkyl halides is 1. The fourth-order valence-electron chi connectivity index (χ4n) is 1.93. The van der Waals surface area contributed by atoms with Crippen LogP contribution in [0.3, 0.4) is 0 Å². The minimum absolute atomic E-state index is 0.151. The molecule has 2 rings (SSSR count). The van der Waals surface area contributed by atoms with Crippen molar-refractivity contribution in [3.63, 3.8) is 0 Å². The molecule has 1 atom stereocenters. The molecular formula is C12H13Cl3N2. The van der Waals surface area contributed by atoms with Gasteiger partial charge in [-0.15, -0.1) is 11.6 Å². The molecule has 17 heavy (non-hydrogen) atoms. The fraction of sp³-hybridized carbons (Fsp3) is 0.417. The first kappa shape index (κ1) is 13.0. The second kappa shape index (κ2) is 4.68. The van der Waals surface area contributed by atoms with E-state index in [1.54, 1.807) is 6.07 Å². The van der Waals surface area contributed by atoms with Crippen LogP contribution in [-0.2, 0) is 0 Å². The summed E-state index contributed by atoms with van der Waals surface area (Å²) in [5, 5.41) is 0.901. The maximum absolute atomic E-state index is 6.15. The van der Waals surface area contributed by atoms with Gasteiger partial charge in [-0.1, -0.05) is 23.2 Å². The molecule has 0 spiro atoms. The molecule has 1 aromatic heterocycles. The molecule has 0 saturated carbocycles. The maximum Gasteiger partial charge on any atom is 0.127 e. The third-order valence-electron chi connectivity index (χ3n) is 2.63. The number of rotatable bonds is 2. The SMILES string of the molecule is CC(Cl)c1nc2cc(Cl)c(Cl)cc2n1C(C)C. The van der Waals surface area contributed by atoms with Gasteiger partial charge < -0.3 is 4.57 Å². The molecule has 0 N–H and O–H groups in total. The Morgan fingerprint density at radius 1 is 1.12 bits per heavy atom. The average Bonchev–Trinajstić information content (AvgIpc) is 2.57. The van der Waals surface area contributed by atoms with Crippen LogP contribution in [0.25, 0.3) is 11.0 Å². The number of nitrogens with zero attached hydrogens (tertiary/aromatic N) is 2. The lowest BCUT2D eigenvalue weighted by atomic mass is 10.3. The van der Waals surface area contributed by atoms with Crippen molar-refractivity contribution < 1.29 is 0 Å². The molecule has 0 saturated heterocycles. The second-order valence-electron chi connectivity index (χ2n) is 4.30. The van der Waals surface area contributed by atoms with Crippen LogP contribution in [0.5, 0.6) is 0 Å². The third-order valence-corrected chi connectivity index (χ3v) is 3.55. The van der Waals surface area contributed by atoms with Crippen molar-refractivity contribution in [1.82, 2.24) is 9.55 Å². The van der Waals surface area contributed by atoms with Crippen molar-refractivity contribution in [3.05, 3.63) is 28.0 Å². The zero-order valence-corrected chi connectivity index (χ0v) is 12.1. The summed E-state index contributed by atoms with van der Waals surface area (Å²) < 4.78 is 2.09. The van der Waals surface area contributed by atoms with Crippen LogP contribution in [0.4, 0.5) is 0 Å². The summed E-state index contributed by atoms with van der Waals surface area (Å²) in [6.45, 7) is 6.09. The molecular weight excluding hydrogens is 279 g/mol. The molecule has 0 aliphatic rings. The standard InChI is InChI=1S/C12H13Cl3N2/c1-6(2)17-11-5-9(15)8(14)4-10(11)16-12(17)7(3)13/h4-7H,1-3H3. The summed E-state index contributed by atoms with van der Waals surface area (Å²) in [6.07, 6.45) is 0. The quantitative estimate of drug-likeness (QED) is 0.693. The summed E-state index contributed by atoms with van der Waals surface area (Å²) in [7, 11) is 0. The van der Waals surface area contributed by atoms with Gasteiger partial charge in [0, 0.05) is 6.04 Å². The van der Waals surface area contributed by atoms with Crippen LogP contribution in [0.1, 0.15) is 38.0 Å². The number of benzene rings is 1. The smallest absolute Gasteiger partial charge is 0.127 e. The monoisotopic (exact) mass is 290 g/mol. The normalized spacial score (nSPS) is 13.6. The molecule has 2 nitrogen and oxygen atoms in total. The largest absolute Gasteiger partial charge is 0.324 e. The van der Waals surface area contributed by atoms with Gasteiger partial charge in [-0.25, -0.2) is 4.98 Å². The predicted molar refractivity (Wildman–Crippen MR) is 74.4 cm³/mol. The van der Waals surface area contributed by atoms with Gasteiger partial charge in [-0.3, -0.25) is 0 Å². The van der Waals surface area contributed by atoms with Crippen molar-refractivity contribution in [3.8, 4) is 0 Å². The van der Waals surface area contributed by atoms with E-state index < -0.39 is 0 Å². The van der Waals surface area contributed by atoms with E-state index in [2.05, 4.69) is 23.4 Å². The highest BCUT2D eigenvalue weighted by molar-refractivity contribution is 6.42. The van der Waals surface area contributed by atoms with Crippen LogP contribution in [0.2, 0.25) is 10.0 Å². The molecule has 92 valence electrons. The van der Waals surface area contributed by atoms with E-state index in [9.17, 15) is 0 Å². The van der Waals surface area contributed by atoms with E-state index in [0.29, 0.717) is 10.0 Å². The Bertz CT molecular complexity index is 558. The predicted octanol–water partition coefficient (Wildman–Crippen LogP) is 5.22. The topological polar surface area (TPSA) is 17.8 Å². The summed E-state index contributed by atoms with van der Waals surface area (Å²) in [6, 6.07) is 3.89. The minimum atomic E-state index is -0.151. The average molecular weight is 292 g/mol. The van der Waals surface area contributed by atoms with E-state index in [-0.39, 0.29) is 11.4 Å². The summed E-state index contributed by atoms with van der Waals surface area (Å²) >= 11 is 18.2. The number of hydrogen-bond acceptors (Lipinski definition) is 1. The number of hydrogen-bond donors (Lipinski definition) is 0. The van der Waals surface area contributed by atoms with Gasteiger partial charge in [0.2, 0.25) is 0 Å². The number of fused-ring (bicyclic) bond motifs is 1. The molecule has 0 amide bonds. The summed E-state index contributed by atoms with van der Waals surface area (Å²) in [4.78, 5) is 4.52. The van der Waals surface area contributed by atoms with Crippen molar-refractivity contribution in [1.29, 1.82) is 0 Å². The van der Waals surface area contributed by atoms with E-state index in [4.69, 9.17) is 34.8 Å². The van der Waals surface area contributed by atoms with Crippen LogP contribution in [0, 0.1) is 0 Å². The molecule has 0 fully saturated rings. The Balaban J connectivity index is 2.80. The first-order valence-corrected chi connectivity index (χ1v) is 6.62. The molecule has 0 radical (unpaired) electrons. The van der Waals surface area contributed by atoms with E-state index in [1.165, 1.54) is 0 Å². The Labute approximate surface area is 115 Å². The van der Waals surface area contributed by atoms with Crippen LogP contribution < -0.4 is 0 Å². The first-order chi connectivity index (χ1) is 7.91. The van der Waals surface area contributed by atoms with Gasteiger partial charge in [0.15, 0.2) is 0 Å². The lowest BCUT2D eigenvalue weighted by molar-refractivity contribution is 0.584. The van der Waals surface area contributed by atoms with E-state index in [1.807, 2.05) is 13.0 Å². The highest BCUT2D eigenvalue weighted by Crippen LogP contribution is 2.32. The minimum Gasteiger partial charge on any atom is -0.324 e. The molecule has 0 aliphatic carbocycles. The van der Waals surface area contributed by atoms with Gasteiger partial charge in [0.05, 0.1) is 26.5 Å². The van der Waals surface area contributed by atoms with Crippen molar-refractivity contribution in [2.45, 2.75) is 32.2 Å². The van der Waals surface area contributed by atoms with E-state index >= 15 is 0 Å². The van der Waals surface area contributed by atoms with Crippen LogP contribution >= 0.6 is 34.8 Å². The molecule has 5 heteroatoms. The second-order valence-corrected chi connectivity index (χ2v) is 5.77. The number of halogens is 3. The van der Waals surface area contributed by atoms with Gasteiger partial charge in [-0.05, 0) is 32.9 Å². The Hall–Kier alpha value is -0.440. The highest BCUT2D eigenvalue weighted by atomic mass is 35.5. The van der Waals surface area contributed by atoms with Gasteiger partial charge in [0.25, 0.3) is 0 Å². The molecule has 0 bridgehead atoms. The summed E-state index contributed by atoms with van der Waals surface area (Å²) in [5.74, 6) is 0.843. The zero-order chi connectivity index (χ0) is 12.7. The zero-order valence-electron chi connectivity index (χ0n) is 9.84. The lowest BCUT2D eigenvalue weighted by Crippen LogP contribution is -2.06. The van der Waals surface area contributed by atoms with Crippen LogP contribution in [-0.4, -0.2) is 9.55 Å². The van der Waals surface area contributed by atoms with Crippen molar-refractivity contribution in [2.24, 2.45) is 0 Å². The number of aromatic nitrogens is 2. The molecule has 1 heterocycles. The van der Waals surface area contributed by atoms with Crippen molar-refractivity contribution in [2.75, 3.05) is 0 Å². The molecule has 2 aromatic rings. The maximum atomic E-state index is 6.15. The molecule has 0 aliphatic heterocycles. The molecule has 1 aromatic carbocycles. The Kier molecular flexibility index (Phi) is 3.58. The van der Waals surface area contributed by atoms with Crippen LogP contribution in [0.15, 0.2) is 12.1 Å². The lowest BCUT2D eigenvalue weighted by Gasteiger charge is -2.14. The molecule has 1 unspecified atom stereocenters. The summed E-state index contributed by atoms with van der Waals surface area (Å²) in [5.41, 5.74) is 1.80. The Morgan fingerprint density at radius 3 is 2.24 bits per heavy atom. The fourth-order valence-corrected chi connectivity index (χ4v) is 2.40. The van der Waals surface area contributed by atoms with E-state index in [0.717, 1.165) is 16.9 Å².